The van der Waals surface area contributed by atoms with Gasteiger partial charge in [0.1, 0.15) is 0 Å². The van der Waals surface area contributed by atoms with Gasteiger partial charge in [0.05, 0.1) is 0 Å². The number of aromatic nitrogens is 4. The van der Waals surface area contributed by atoms with Crippen molar-refractivity contribution in [2.24, 2.45) is 0 Å². The molecule has 0 atom stereocenters. The van der Waals surface area contributed by atoms with Gasteiger partial charge >= 0.3 is 0 Å². The molecule has 2 aromatic heterocycles. The average Bonchev–Trinajstić information content (AvgIpc) is 2.35. The van der Waals surface area contributed by atoms with Crippen molar-refractivity contribution in [1.82, 2.24) is 20.2 Å². The van der Waals surface area contributed by atoms with Crippen LogP contribution in [0.15, 0.2) is 24.4 Å². The summed E-state index contributed by atoms with van der Waals surface area (Å²) in [5.41, 5.74) is 0.990. The lowest BCUT2D eigenvalue weighted by molar-refractivity contribution is 0.926. The summed E-state index contributed by atoms with van der Waals surface area (Å²) in [6.45, 7) is 0.645. The standard InChI is InChI=1S/C10H9Cl2N5/c11-8-9(15-10(12)17-16-8)14-6-4-7-3-1-2-5-13-7/h1-3,5H,4,6H2,(H,14,15,17). The first-order valence-corrected chi connectivity index (χ1v) is 5.71. The number of nitrogens with one attached hydrogen (secondary N) is 1. The Morgan fingerprint density at radius 3 is 2.82 bits per heavy atom. The van der Waals surface area contributed by atoms with Crippen LogP contribution >= 0.6 is 23.2 Å². The number of nitrogens with zero attached hydrogens (tertiary/aromatic N) is 4. The van der Waals surface area contributed by atoms with E-state index in [2.05, 4.69) is 25.5 Å². The summed E-state index contributed by atoms with van der Waals surface area (Å²) in [4.78, 5) is 8.13. The lowest BCUT2D eigenvalue weighted by Crippen LogP contribution is -2.08. The van der Waals surface area contributed by atoms with Gasteiger partial charge in [0.15, 0.2) is 11.0 Å². The number of hydrogen-bond donors (Lipinski definition) is 1. The molecule has 0 aliphatic carbocycles. The van der Waals surface area contributed by atoms with Crippen LogP contribution in [0.5, 0.6) is 0 Å². The minimum absolute atomic E-state index is 0.0646. The van der Waals surface area contributed by atoms with Crippen LogP contribution in [-0.4, -0.2) is 26.7 Å². The molecule has 2 rings (SSSR count). The van der Waals surface area contributed by atoms with Crippen LogP contribution in [-0.2, 0) is 6.42 Å². The van der Waals surface area contributed by atoms with Crippen LogP contribution in [0.2, 0.25) is 10.4 Å². The normalized spacial score (nSPS) is 10.2. The summed E-state index contributed by atoms with van der Waals surface area (Å²) >= 11 is 11.4. The Bertz CT molecular complexity index is 491. The van der Waals surface area contributed by atoms with Gasteiger partial charge in [0.2, 0.25) is 5.28 Å². The predicted molar refractivity (Wildman–Crippen MR) is 66.3 cm³/mol. The molecule has 0 saturated heterocycles. The van der Waals surface area contributed by atoms with Crippen molar-refractivity contribution in [3.05, 3.63) is 40.5 Å². The third kappa shape index (κ3) is 3.51. The molecule has 0 unspecified atom stereocenters. The molecule has 5 nitrogen and oxygen atoms in total. The first kappa shape index (κ1) is 12.0. The van der Waals surface area contributed by atoms with Crippen LogP contribution in [0.25, 0.3) is 0 Å². The van der Waals surface area contributed by atoms with E-state index < -0.39 is 0 Å². The summed E-state index contributed by atoms with van der Waals surface area (Å²) in [5.74, 6) is 0.433. The predicted octanol–water partition coefficient (Wildman–Crippen LogP) is 2.23. The molecule has 0 aliphatic heterocycles. The van der Waals surface area contributed by atoms with E-state index in [1.165, 1.54) is 0 Å². The Hall–Kier alpha value is -1.46. The van der Waals surface area contributed by atoms with E-state index in [0.717, 1.165) is 12.1 Å². The molecule has 0 aromatic carbocycles. The van der Waals surface area contributed by atoms with Crippen LogP contribution in [0.3, 0.4) is 0 Å². The monoisotopic (exact) mass is 269 g/mol. The van der Waals surface area contributed by atoms with E-state index in [1.807, 2.05) is 18.2 Å². The Kier molecular flexibility index (Phi) is 4.06. The lowest BCUT2D eigenvalue weighted by Gasteiger charge is -2.05. The highest BCUT2D eigenvalue weighted by molar-refractivity contribution is 6.32. The van der Waals surface area contributed by atoms with E-state index in [9.17, 15) is 0 Å². The fraction of sp³-hybridized carbons (Fsp3) is 0.200. The molecule has 2 heterocycles. The summed E-state index contributed by atoms with van der Waals surface area (Å²) in [6, 6.07) is 5.77. The van der Waals surface area contributed by atoms with E-state index >= 15 is 0 Å². The number of halogens is 2. The molecule has 0 radical (unpaired) electrons. The second kappa shape index (κ2) is 5.75. The molecule has 0 fully saturated rings. The van der Waals surface area contributed by atoms with Crippen LogP contribution < -0.4 is 5.32 Å². The van der Waals surface area contributed by atoms with Gasteiger partial charge < -0.3 is 5.32 Å². The molecule has 0 spiro atoms. The first-order chi connectivity index (χ1) is 8.25. The minimum atomic E-state index is 0.0646. The van der Waals surface area contributed by atoms with Crippen molar-refractivity contribution >= 4 is 29.0 Å². The van der Waals surface area contributed by atoms with Crippen LogP contribution in [0, 0.1) is 0 Å². The Labute approximate surface area is 108 Å². The Balaban J connectivity index is 1.92. The number of rotatable bonds is 4. The molecular weight excluding hydrogens is 261 g/mol. The zero-order valence-corrected chi connectivity index (χ0v) is 10.3. The summed E-state index contributed by atoms with van der Waals surface area (Å²) in [6.07, 6.45) is 2.52. The fourth-order valence-electron chi connectivity index (χ4n) is 1.26. The van der Waals surface area contributed by atoms with Crippen LogP contribution in [0.4, 0.5) is 5.82 Å². The zero-order chi connectivity index (χ0) is 12.1. The topological polar surface area (TPSA) is 63.6 Å². The largest absolute Gasteiger partial charge is 0.367 e. The van der Waals surface area contributed by atoms with Gasteiger partial charge in [-0.1, -0.05) is 17.7 Å². The minimum Gasteiger partial charge on any atom is -0.367 e. The van der Waals surface area contributed by atoms with Gasteiger partial charge in [-0.2, -0.15) is 4.98 Å². The maximum Gasteiger partial charge on any atom is 0.245 e. The van der Waals surface area contributed by atoms with Crippen molar-refractivity contribution in [3.8, 4) is 0 Å². The fourth-order valence-corrected chi connectivity index (χ4v) is 1.53. The second-order valence-corrected chi connectivity index (χ2v) is 3.91. The van der Waals surface area contributed by atoms with Crippen molar-refractivity contribution < 1.29 is 0 Å². The van der Waals surface area contributed by atoms with E-state index in [0.29, 0.717) is 12.4 Å². The van der Waals surface area contributed by atoms with Gasteiger partial charge in [-0.15, -0.1) is 10.2 Å². The van der Waals surface area contributed by atoms with E-state index in [4.69, 9.17) is 23.2 Å². The molecule has 88 valence electrons. The van der Waals surface area contributed by atoms with Crippen molar-refractivity contribution in [2.45, 2.75) is 6.42 Å². The quantitative estimate of drug-likeness (QED) is 0.922. The Morgan fingerprint density at radius 1 is 1.18 bits per heavy atom. The lowest BCUT2D eigenvalue weighted by atomic mass is 10.3. The van der Waals surface area contributed by atoms with Gasteiger partial charge in [-0.05, 0) is 23.7 Å². The molecule has 7 heteroatoms. The summed E-state index contributed by atoms with van der Waals surface area (Å²) < 4.78 is 0. The number of hydrogen-bond acceptors (Lipinski definition) is 5. The molecule has 17 heavy (non-hydrogen) atoms. The molecule has 2 aromatic rings. The van der Waals surface area contributed by atoms with Crippen molar-refractivity contribution in [1.29, 1.82) is 0 Å². The maximum absolute atomic E-state index is 5.81. The SMILES string of the molecule is Clc1nnc(Cl)c(NCCc2ccccn2)n1. The second-order valence-electron chi connectivity index (χ2n) is 3.22. The van der Waals surface area contributed by atoms with E-state index in [-0.39, 0.29) is 10.4 Å². The highest BCUT2D eigenvalue weighted by Crippen LogP contribution is 2.16. The van der Waals surface area contributed by atoms with Gasteiger partial charge in [-0.25, -0.2) is 0 Å². The molecular formula is C10H9Cl2N5. The highest BCUT2D eigenvalue weighted by atomic mass is 35.5. The first-order valence-electron chi connectivity index (χ1n) is 4.95. The number of pyridine rings is 1. The van der Waals surface area contributed by atoms with Crippen molar-refractivity contribution in [2.75, 3.05) is 11.9 Å². The van der Waals surface area contributed by atoms with Gasteiger partial charge in [0, 0.05) is 24.9 Å². The smallest absolute Gasteiger partial charge is 0.245 e. The average molecular weight is 270 g/mol. The van der Waals surface area contributed by atoms with Gasteiger partial charge in [-0.3, -0.25) is 4.98 Å². The van der Waals surface area contributed by atoms with E-state index in [1.54, 1.807) is 6.20 Å². The zero-order valence-electron chi connectivity index (χ0n) is 8.77. The summed E-state index contributed by atoms with van der Waals surface area (Å²) in [5, 5.41) is 10.5. The highest BCUT2D eigenvalue weighted by Gasteiger charge is 2.05. The molecule has 0 aliphatic rings. The van der Waals surface area contributed by atoms with Crippen LogP contribution in [0.1, 0.15) is 5.69 Å². The van der Waals surface area contributed by atoms with Gasteiger partial charge in [0.25, 0.3) is 0 Å². The summed E-state index contributed by atoms with van der Waals surface area (Å²) in [7, 11) is 0. The molecule has 0 amide bonds. The maximum atomic E-state index is 5.81. The molecule has 0 saturated carbocycles. The number of anilines is 1. The third-order valence-corrected chi connectivity index (χ3v) is 2.43. The molecule has 1 N–H and O–H groups in total. The van der Waals surface area contributed by atoms with Crippen molar-refractivity contribution in [3.63, 3.8) is 0 Å². The third-order valence-electron chi connectivity index (χ3n) is 2.02. The Morgan fingerprint density at radius 2 is 2.06 bits per heavy atom. The molecule has 0 bridgehead atoms.